The second-order valence-electron chi connectivity index (χ2n) is 7.83. The lowest BCUT2D eigenvalue weighted by Crippen LogP contribution is -2.48. The van der Waals surface area contributed by atoms with Gasteiger partial charge in [0.15, 0.2) is 5.78 Å². The van der Waals surface area contributed by atoms with E-state index in [1.807, 2.05) is 37.4 Å². The van der Waals surface area contributed by atoms with Crippen molar-refractivity contribution in [3.8, 4) is 5.69 Å². The Balaban J connectivity index is 1.43. The van der Waals surface area contributed by atoms with Crippen LogP contribution in [0.2, 0.25) is 0 Å². The zero-order valence-electron chi connectivity index (χ0n) is 17.4. The first-order valence-corrected chi connectivity index (χ1v) is 10.2. The van der Waals surface area contributed by atoms with Crippen molar-refractivity contribution in [2.75, 3.05) is 37.6 Å². The van der Waals surface area contributed by atoms with Crippen molar-refractivity contribution in [3.05, 3.63) is 77.2 Å². The summed E-state index contributed by atoms with van der Waals surface area (Å²) < 4.78 is 2.17. The van der Waals surface area contributed by atoms with Crippen LogP contribution in [-0.2, 0) is 0 Å². The monoisotopic (exact) mass is 388 g/mol. The number of carbonyl (C=O) groups excluding carboxylic acids is 1. The van der Waals surface area contributed by atoms with Crippen molar-refractivity contribution in [2.24, 2.45) is 0 Å². The maximum atomic E-state index is 13.1. The predicted octanol–water partition coefficient (Wildman–Crippen LogP) is 3.80. The van der Waals surface area contributed by atoms with E-state index >= 15 is 0 Å². The molecule has 5 nitrogen and oxygen atoms in total. The summed E-state index contributed by atoms with van der Waals surface area (Å²) in [4.78, 5) is 22.0. The second kappa shape index (κ2) is 8.21. The predicted molar refractivity (Wildman–Crippen MR) is 117 cm³/mol. The minimum atomic E-state index is 0.197. The third kappa shape index (κ3) is 4.10. The standard InChI is InChI=1S/C24H28N4O/c1-18-7-9-21(10-8-18)28-19(2)16-22(20(28)3)23(29)17-26-12-14-27(15-13-26)24-6-4-5-11-25-24/h4-11,16H,12-15,17H2,1-3H3. The summed E-state index contributed by atoms with van der Waals surface area (Å²) in [5.41, 5.74) is 5.28. The summed E-state index contributed by atoms with van der Waals surface area (Å²) in [6.45, 7) is 10.2. The van der Waals surface area contributed by atoms with Crippen molar-refractivity contribution in [3.63, 3.8) is 0 Å². The number of nitrogens with zero attached hydrogens (tertiary/aromatic N) is 4. The van der Waals surface area contributed by atoms with Gasteiger partial charge in [-0.05, 0) is 51.1 Å². The van der Waals surface area contributed by atoms with Gasteiger partial charge in [-0.2, -0.15) is 0 Å². The van der Waals surface area contributed by atoms with Gasteiger partial charge in [-0.3, -0.25) is 9.69 Å². The molecule has 2 aromatic heterocycles. The van der Waals surface area contributed by atoms with Crippen LogP contribution in [0.25, 0.3) is 5.69 Å². The summed E-state index contributed by atoms with van der Waals surface area (Å²) >= 11 is 0. The zero-order valence-corrected chi connectivity index (χ0v) is 17.4. The molecule has 0 bridgehead atoms. The van der Waals surface area contributed by atoms with Gasteiger partial charge in [-0.25, -0.2) is 4.98 Å². The largest absolute Gasteiger partial charge is 0.354 e. The minimum absolute atomic E-state index is 0.197. The number of hydrogen-bond donors (Lipinski definition) is 0. The van der Waals surface area contributed by atoms with Gasteiger partial charge in [0.05, 0.1) is 6.54 Å². The lowest BCUT2D eigenvalue weighted by Gasteiger charge is -2.35. The molecule has 1 aliphatic rings. The van der Waals surface area contributed by atoms with Crippen molar-refractivity contribution in [2.45, 2.75) is 20.8 Å². The molecule has 4 rings (SSSR count). The molecule has 0 aliphatic carbocycles. The number of piperazine rings is 1. The van der Waals surface area contributed by atoms with Gasteiger partial charge in [-0.15, -0.1) is 0 Å². The molecular weight excluding hydrogens is 360 g/mol. The molecule has 3 heterocycles. The SMILES string of the molecule is Cc1ccc(-n2c(C)cc(C(=O)CN3CCN(c4ccccn4)CC3)c2C)cc1. The Kier molecular flexibility index (Phi) is 5.49. The number of pyridine rings is 1. The average molecular weight is 389 g/mol. The number of aromatic nitrogens is 2. The van der Waals surface area contributed by atoms with Crippen LogP contribution >= 0.6 is 0 Å². The number of carbonyl (C=O) groups is 1. The van der Waals surface area contributed by atoms with Crippen LogP contribution in [0, 0.1) is 20.8 Å². The Hall–Kier alpha value is -2.92. The number of hydrogen-bond acceptors (Lipinski definition) is 4. The number of anilines is 1. The quantitative estimate of drug-likeness (QED) is 0.624. The average Bonchev–Trinajstić information content (AvgIpc) is 3.04. The van der Waals surface area contributed by atoms with Crippen LogP contribution in [0.3, 0.4) is 0 Å². The van der Waals surface area contributed by atoms with E-state index in [1.54, 1.807) is 0 Å². The Bertz CT molecular complexity index is 984. The van der Waals surface area contributed by atoms with E-state index in [1.165, 1.54) is 5.56 Å². The summed E-state index contributed by atoms with van der Waals surface area (Å²) in [6.07, 6.45) is 1.83. The molecule has 1 fully saturated rings. The Morgan fingerprint density at radius 1 is 0.966 bits per heavy atom. The first-order valence-electron chi connectivity index (χ1n) is 10.2. The highest BCUT2D eigenvalue weighted by atomic mass is 16.1. The van der Waals surface area contributed by atoms with E-state index in [9.17, 15) is 4.79 Å². The lowest BCUT2D eigenvalue weighted by molar-refractivity contribution is 0.0925. The van der Waals surface area contributed by atoms with Crippen LogP contribution in [0.1, 0.15) is 27.3 Å². The number of ketones is 1. The third-order valence-corrected chi connectivity index (χ3v) is 5.74. The van der Waals surface area contributed by atoms with Gasteiger partial charge in [0.2, 0.25) is 0 Å². The zero-order chi connectivity index (χ0) is 20.4. The van der Waals surface area contributed by atoms with E-state index in [0.29, 0.717) is 6.54 Å². The second-order valence-corrected chi connectivity index (χ2v) is 7.83. The highest BCUT2D eigenvalue weighted by Gasteiger charge is 2.23. The van der Waals surface area contributed by atoms with Gasteiger partial charge in [0.25, 0.3) is 0 Å². The number of benzene rings is 1. The van der Waals surface area contributed by atoms with Crippen LogP contribution in [0.5, 0.6) is 0 Å². The van der Waals surface area contributed by atoms with Crippen LogP contribution in [-0.4, -0.2) is 53.0 Å². The molecule has 5 heteroatoms. The van der Waals surface area contributed by atoms with Crippen LogP contribution < -0.4 is 4.90 Å². The summed E-state index contributed by atoms with van der Waals surface area (Å²) in [7, 11) is 0. The number of rotatable bonds is 5. The van der Waals surface area contributed by atoms with Crippen molar-refractivity contribution < 1.29 is 4.79 Å². The molecule has 150 valence electrons. The molecule has 1 saturated heterocycles. The van der Waals surface area contributed by atoms with Crippen LogP contribution in [0.15, 0.2) is 54.7 Å². The fourth-order valence-electron chi connectivity index (χ4n) is 4.10. The maximum absolute atomic E-state index is 13.1. The normalized spacial score (nSPS) is 14.9. The Morgan fingerprint density at radius 3 is 2.34 bits per heavy atom. The topological polar surface area (TPSA) is 41.4 Å². The van der Waals surface area contributed by atoms with Gasteiger partial charge >= 0.3 is 0 Å². The van der Waals surface area contributed by atoms with E-state index in [2.05, 4.69) is 57.5 Å². The summed E-state index contributed by atoms with van der Waals surface area (Å²) in [6, 6.07) is 16.5. The summed E-state index contributed by atoms with van der Waals surface area (Å²) in [5, 5.41) is 0. The van der Waals surface area contributed by atoms with Gasteiger partial charge in [-0.1, -0.05) is 23.8 Å². The van der Waals surface area contributed by atoms with Gasteiger partial charge in [0, 0.05) is 55.0 Å². The molecule has 3 aromatic rings. The molecular formula is C24H28N4O. The van der Waals surface area contributed by atoms with Crippen molar-refractivity contribution in [1.29, 1.82) is 0 Å². The van der Waals surface area contributed by atoms with E-state index < -0.39 is 0 Å². The minimum Gasteiger partial charge on any atom is -0.354 e. The maximum Gasteiger partial charge on any atom is 0.178 e. The first kappa shape index (κ1) is 19.4. The fourth-order valence-corrected chi connectivity index (χ4v) is 4.10. The Morgan fingerprint density at radius 2 is 1.69 bits per heavy atom. The number of aryl methyl sites for hydroxylation is 2. The summed E-state index contributed by atoms with van der Waals surface area (Å²) in [5.74, 6) is 1.21. The Labute approximate surface area is 172 Å². The van der Waals surface area contributed by atoms with Crippen LogP contribution in [0.4, 0.5) is 5.82 Å². The molecule has 0 amide bonds. The molecule has 29 heavy (non-hydrogen) atoms. The number of Topliss-reactive ketones (excluding diaryl/α,β-unsaturated/α-hetero) is 1. The first-order chi connectivity index (χ1) is 14.0. The van der Waals surface area contributed by atoms with E-state index in [4.69, 9.17) is 0 Å². The van der Waals surface area contributed by atoms with Gasteiger partial charge in [0.1, 0.15) is 5.82 Å². The molecule has 0 radical (unpaired) electrons. The molecule has 0 atom stereocenters. The molecule has 0 saturated carbocycles. The molecule has 1 aliphatic heterocycles. The highest BCUT2D eigenvalue weighted by Crippen LogP contribution is 2.22. The molecule has 0 unspecified atom stereocenters. The highest BCUT2D eigenvalue weighted by molar-refractivity contribution is 5.99. The molecule has 0 N–H and O–H groups in total. The van der Waals surface area contributed by atoms with Gasteiger partial charge < -0.3 is 9.47 Å². The van der Waals surface area contributed by atoms with Crippen molar-refractivity contribution >= 4 is 11.6 Å². The van der Waals surface area contributed by atoms with Crippen molar-refractivity contribution in [1.82, 2.24) is 14.5 Å². The molecule has 1 aromatic carbocycles. The molecule has 0 spiro atoms. The van der Waals surface area contributed by atoms with E-state index in [0.717, 1.165) is 54.6 Å². The lowest BCUT2D eigenvalue weighted by atomic mass is 10.1. The van der Waals surface area contributed by atoms with E-state index in [-0.39, 0.29) is 5.78 Å². The smallest absolute Gasteiger partial charge is 0.178 e. The third-order valence-electron chi connectivity index (χ3n) is 5.74. The fraction of sp³-hybridized carbons (Fsp3) is 0.333.